The Kier molecular flexibility index (Phi) is 29.1. The number of anilines is 2. The van der Waals surface area contributed by atoms with Gasteiger partial charge in [-0.3, -0.25) is 39.4 Å². The van der Waals surface area contributed by atoms with Crippen LogP contribution >= 0.6 is 0 Å². The fourth-order valence-corrected chi connectivity index (χ4v) is 9.32. The molecule has 0 aromatic heterocycles. The van der Waals surface area contributed by atoms with Crippen molar-refractivity contribution in [2.24, 2.45) is 39.2 Å². The lowest BCUT2D eigenvalue weighted by Gasteiger charge is -2.40. The Bertz CT molecular complexity index is 2180. The van der Waals surface area contributed by atoms with E-state index in [-0.39, 0.29) is 58.0 Å². The molecule has 0 saturated heterocycles. The van der Waals surface area contributed by atoms with Gasteiger partial charge in [-0.05, 0) is 124 Å². The summed E-state index contributed by atoms with van der Waals surface area (Å²) in [5.74, 6) is -7.09. The van der Waals surface area contributed by atoms with Gasteiger partial charge in [-0.25, -0.2) is 18.0 Å². The van der Waals surface area contributed by atoms with Gasteiger partial charge in [0.2, 0.25) is 5.91 Å². The molecule has 3 amide bonds. The zero-order chi connectivity index (χ0) is 57.2. The number of aliphatic hydroxyl groups is 1. The number of benzene rings is 1. The van der Waals surface area contributed by atoms with E-state index in [0.717, 1.165) is 19.3 Å². The van der Waals surface area contributed by atoms with Gasteiger partial charge in [0, 0.05) is 29.9 Å². The first-order chi connectivity index (χ1) is 34.9. The zero-order valence-corrected chi connectivity index (χ0v) is 47.3. The minimum Gasteiger partial charge on any atom is -0.748 e. The number of hydrogen-bond donors (Lipinski definition) is 4. The van der Waals surface area contributed by atoms with Crippen LogP contribution in [0.1, 0.15) is 146 Å². The summed E-state index contributed by atoms with van der Waals surface area (Å²) in [5.41, 5.74) is -4.59. The zero-order valence-electron chi connectivity index (χ0n) is 46.4. The number of unbranched alkanes of at least 4 members (excludes halogenated alkanes) is 1. The predicted molar refractivity (Wildman–Crippen MR) is 278 cm³/mol. The summed E-state index contributed by atoms with van der Waals surface area (Å²) in [6, 6.07) is 4.73. The first kappa shape index (κ1) is 67.6. The third-order valence-electron chi connectivity index (χ3n) is 12.6. The number of aryl methyl sites for hydroxylation is 1. The number of esters is 4. The molecule has 1 aromatic carbocycles. The van der Waals surface area contributed by atoms with Gasteiger partial charge in [0.05, 0.1) is 63.6 Å². The van der Waals surface area contributed by atoms with E-state index >= 15 is 0 Å². The van der Waals surface area contributed by atoms with Crippen LogP contribution in [0.4, 0.5) is 21.0 Å². The van der Waals surface area contributed by atoms with Gasteiger partial charge in [0.1, 0.15) is 26.4 Å². The van der Waals surface area contributed by atoms with E-state index < -0.39 is 118 Å². The van der Waals surface area contributed by atoms with Crippen LogP contribution in [0, 0.1) is 40.9 Å². The van der Waals surface area contributed by atoms with E-state index in [1.807, 2.05) is 20.8 Å². The molecule has 5 atom stereocenters. The predicted octanol–water partition coefficient (Wildman–Crippen LogP) is 7.59. The summed E-state index contributed by atoms with van der Waals surface area (Å²) in [5, 5.41) is 21.0. The van der Waals surface area contributed by atoms with Gasteiger partial charge in [0.25, 0.3) is 0 Å². The Morgan fingerprint density at radius 3 is 1.89 bits per heavy atom. The van der Waals surface area contributed by atoms with E-state index in [0.29, 0.717) is 35.5 Å². The standard InChI is InChI=1S/C52H86N4O18S/c1-14-18-19-37(16-3)32-73-43(59)39(29-49(7,8)44(60)70-26-27-72-47(63)54-41-28-40(21-20-35(41)5)53-48(64)74-56-36(6)15-2)31-52(12,46(62)71-25-24-68-13)33-51(11,45(61)69-23-22-57)30-38(17-4)42(58)55-50(9,10)34-75(65,66)67/h20-21,28,37-39,57H,14-19,22-27,29-34H2,1-13H3,(H,53,64)(H,54,63)(H,55,58)(H,65,66,67)/p-1. The summed E-state index contributed by atoms with van der Waals surface area (Å²) in [4.78, 5) is 101. The summed E-state index contributed by atoms with van der Waals surface area (Å²) in [7, 11) is -3.37. The van der Waals surface area contributed by atoms with Gasteiger partial charge >= 0.3 is 36.1 Å². The van der Waals surface area contributed by atoms with Crippen LogP contribution in [0.25, 0.3) is 0 Å². The van der Waals surface area contributed by atoms with E-state index in [1.165, 1.54) is 54.7 Å². The average Bonchev–Trinajstić information content (AvgIpc) is 3.32. The van der Waals surface area contributed by atoms with Crippen LogP contribution in [-0.4, -0.2) is 130 Å². The Hall–Kier alpha value is -5.39. The molecule has 23 heteroatoms. The van der Waals surface area contributed by atoms with E-state index in [2.05, 4.69) is 21.1 Å². The molecule has 0 radical (unpaired) electrons. The number of rotatable bonds is 35. The van der Waals surface area contributed by atoms with E-state index in [4.69, 9.17) is 33.3 Å². The van der Waals surface area contributed by atoms with Crippen LogP contribution in [0.15, 0.2) is 23.4 Å². The average molecular weight is 1090 g/mol. The number of aliphatic hydroxyl groups excluding tert-OH is 1. The van der Waals surface area contributed by atoms with E-state index in [1.54, 1.807) is 32.9 Å². The largest absolute Gasteiger partial charge is 0.748 e. The van der Waals surface area contributed by atoms with Crippen LogP contribution in [0.5, 0.6) is 0 Å². The molecule has 0 aliphatic carbocycles. The lowest BCUT2D eigenvalue weighted by Crippen LogP contribution is -2.51. The van der Waals surface area contributed by atoms with Gasteiger partial charge < -0.3 is 43.4 Å². The maximum atomic E-state index is 14.5. The van der Waals surface area contributed by atoms with Crippen molar-refractivity contribution in [3.63, 3.8) is 0 Å². The number of amides is 3. The molecule has 5 unspecified atom stereocenters. The van der Waals surface area contributed by atoms with Crippen molar-refractivity contribution in [3.8, 4) is 0 Å². The second-order valence-electron chi connectivity index (χ2n) is 20.8. The second-order valence-corrected chi connectivity index (χ2v) is 22.2. The number of hydrogen-bond acceptors (Lipinski definition) is 19. The topological polar surface area (TPSA) is 310 Å². The quantitative estimate of drug-likeness (QED) is 0.00967. The molecular formula is C52H85N4O18S-. The molecule has 0 aliphatic rings. The number of carbonyl (C=O) groups excluding carboxylic acids is 7. The molecule has 1 aromatic rings. The molecule has 0 saturated carbocycles. The number of nitrogens with one attached hydrogen (secondary N) is 3. The lowest BCUT2D eigenvalue weighted by atomic mass is 9.64. The molecule has 4 N–H and O–H groups in total. The molecule has 75 heavy (non-hydrogen) atoms. The molecule has 0 bridgehead atoms. The van der Waals surface area contributed by atoms with Crippen molar-refractivity contribution >= 4 is 69.2 Å². The molecule has 0 aliphatic heterocycles. The third-order valence-corrected chi connectivity index (χ3v) is 13.7. The minimum atomic E-state index is -4.77. The molecule has 0 heterocycles. The van der Waals surface area contributed by atoms with Crippen LogP contribution in [-0.2, 0) is 67.3 Å². The first-order valence-corrected chi connectivity index (χ1v) is 27.1. The Morgan fingerprint density at radius 2 is 1.33 bits per heavy atom. The normalized spacial score (nSPS) is 14.9. The summed E-state index contributed by atoms with van der Waals surface area (Å²) in [6.45, 7) is 17.8. The smallest absolute Gasteiger partial charge is 0.437 e. The van der Waals surface area contributed by atoms with Crippen molar-refractivity contribution in [3.05, 3.63) is 23.8 Å². The van der Waals surface area contributed by atoms with Gasteiger partial charge in [-0.1, -0.05) is 58.2 Å². The van der Waals surface area contributed by atoms with Crippen molar-refractivity contribution in [2.45, 2.75) is 153 Å². The minimum absolute atomic E-state index is 0.00589. The van der Waals surface area contributed by atoms with Crippen LogP contribution in [0.3, 0.4) is 0 Å². The van der Waals surface area contributed by atoms with Crippen LogP contribution < -0.4 is 16.0 Å². The number of methoxy groups -OCH3 is 1. The highest BCUT2D eigenvalue weighted by molar-refractivity contribution is 7.85. The highest BCUT2D eigenvalue weighted by atomic mass is 32.2. The Labute approximate surface area is 443 Å². The van der Waals surface area contributed by atoms with Crippen LogP contribution in [0.2, 0.25) is 0 Å². The molecule has 22 nitrogen and oxygen atoms in total. The highest BCUT2D eigenvalue weighted by Gasteiger charge is 2.51. The molecule has 0 fully saturated rings. The van der Waals surface area contributed by atoms with Gasteiger partial charge in [-0.15, -0.1) is 0 Å². The monoisotopic (exact) mass is 1090 g/mol. The Morgan fingerprint density at radius 1 is 0.747 bits per heavy atom. The maximum absolute atomic E-state index is 14.5. The molecular weight excluding hydrogens is 1000 g/mol. The fourth-order valence-electron chi connectivity index (χ4n) is 8.37. The number of ether oxygens (including phenoxy) is 6. The Balaban J connectivity index is 3.60. The number of nitrogens with zero attached hydrogens (tertiary/aromatic N) is 1. The SMILES string of the molecule is CCCCC(CC)COC(=O)C(CC(C)(C)C(=O)OCCOC(=O)Nc1cc(NC(=O)ON=C(C)CC)ccc1C)CC(C)(CC(C)(CC(CC)C(=O)NC(C)(C)CS(=O)(=O)[O-])C(=O)OCCO)C(=O)OCCOC. The highest BCUT2D eigenvalue weighted by Crippen LogP contribution is 2.46. The van der Waals surface area contributed by atoms with Crippen molar-refractivity contribution in [1.29, 1.82) is 0 Å². The summed E-state index contributed by atoms with van der Waals surface area (Å²) < 4.78 is 68.1. The number of carbonyl (C=O) groups is 7. The lowest BCUT2D eigenvalue weighted by molar-refractivity contribution is -0.169. The maximum Gasteiger partial charge on any atom is 0.437 e. The number of oxime groups is 1. The molecule has 0 spiro atoms. The fraction of sp³-hybridized carbons (Fsp3) is 0.731. The van der Waals surface area contributed by atoms with Gasteiger partial charge in [-0.2, -0.15) is 0 Å². The third kappa shape index (κ3) is 25.3. The van der Waals surface area contributed by atoms with Crippen molar-refractivity contribution < 1.29 is 84.9 Å². The molecule has 428 valence electrons. The first-order valence-electron chi connectivity index (χ1n) is 25.5. The second kappa shape index (κ2) is 32.3. The van der Waals surface area contributed by atoms with E-state index in [9.17, 15) is 51.6 Å². The van der Waals surface area contributed by atoms with Crippen molar-refractivity contribution in [2.75, 3.05) is 69.7 Å². The van der Waals surface area contributed by atoms with Gasteiger partial charge in [0.15, 0.2) is 0 Å². The van der Waals surface area contributed by atoms with Crippen molar-refractivity contribution in [1.82, 2.24) is 5.32 Å². The summed E-state index contributed by atoms with van der Waals surface area (Å²) in [6.07, 6.45) is 0.995. The summed E-state index contributed by atoms with van der Waals surface area (Å²) >= 11 is 0. The molecule has 1 rings (SSSR count).